The van der Waals surface area contributed by atoms with E-state index >= 15 is 0 Å². The highest BCUT2D eigenvalue weighted by atomic mass is 16.3. The van der Waals surface area contributed by atoms with E-state index in [4.69, 9.17) is 4.42 Å². The second-order valence-corrected chi connectivity index (χ2v) is 6.00. The third kappa shape index (κ3) is 3.24. The molecule has 2 nitrogen and oxygen atoms in total. The fourth-order valence-corrected chi connectivity index (χ4v) is 2.95. The third-order valence-corrected chi connectivity index (χ3v) is 4.32. The molecule has 122 valence electrons. The zero-order chi connectivity index (χ0) is 17.1. The summed E-state index contributed by atoms with van der Waals surface area (Å²) in [5, 5.41) is 0. The third-order valence-electron chi connectivity index (χ3n) is 4.32. The van der Waals surface area contributed by atoms with Crippen LogP contribution in [0.3, 0.4) is 0 Å². The normalized spacial score (nSPS) is 11.4. The first-order valence-corrected chi connectivity index (χ1v) is 8.55. The molecule has 1 aromatic heterocycles. The first-order chi connectivity index (χ1) is 12.3. The molecule has 3 aromatic carbocycles. The zero-order valence-electron chi connectivity index (χ0n) is 14.1. The number of aryl methyl sites for hydroxylation is 1. The summed E-state index contributed by atoms with van der Waals surface area (Å²) in [5.41, 5.74) is 6.45. The standard InChI is InChI=1S/C23H19NO/c1-2-18-16-20(23-24-21-10-6-7-11-22(21)25-23)15-14-19(18)13-12-17-8-4-3-5-9-17/h3-16H,2H2,1H3. The molecular formula is C23H19NO. The quantitative estimate of drug-likeness (QED) is 0.416. The lowest BCUT2D eigenvalue weighted by Crippen LogP contribution is -1.88. The molecule has 0 bridgehead atoms. The lowest BCUT2D eigenvalue weighted by atomic mass is 10.0. The number of oxazole rings is 1. The Morgan fingerprint density at radius 1 is 0.880 bits per heavy atom. The number of nitrogens with zero attached hydrogens (tertiary/aromatic N) is 1. The van der Waals surface area contributed by atoms with Gasteiger partial charge in [-0.3, -0.25) is 0 Å². The van der Waals surface area contributed by atoms with Crippen molar-refractivity contribution in [3.05, 3.63) is 89.5 Å². The molecule has 0 spiro atoms. The molecule has 0 fully saturated rings. The van der Waals surface area contributed by atoms with Gasteiger partial charge in [-0.15, -0.1) is 0 Å². The van der Waals surface area contributed by atoms with Crippen molar-refractivity contribution in [2.45, 2.75) is 13.3 Å². The Labute approximate surface area is 147 Å². The maximum atomic E-state index is 5.89. The molecular weight excluding hydrogens is 306 g/mol. The molecule has 0 aliphatic carbocycles. The molecule has 0 N–H and O–H groups in total. The van der Waals surface area contributed by atoms with E-state index in [-0.39, 0.29) is 0 Å². The van der Waals surface area contributed by atoms with Crippen LogP contribution in [0.2, 0.25) is 0 Å². The smallest absolute Gasteiger partial charge is 0.227 e. The molecule has 0 aliphatic rings. The van der Waals surface area contributed by atoms with E-state index in [2.05, 4.69) is 66.5 Å². The number of aromatic nitrogens is 1. The molecule has 0 atom stereocenters. The van der Waals surface area contributed by atoms with Gasteiger partial charge in [0.1, 0.15) is 5.52 Å². The number of fused-ring (bicyclic) bond motifs is 1. The minimum Gasteiger partial charge on any atom is -0.436 e. The maximum Gasteiger partial charge on any atom is 0.227 e. The van der Waals surface area contributed by atoms with Crippen LogP contribution in [0, 0.1) is 0 Å². The molecule has 0 unspecified atom stereocenters. The van der Waals surface area contributed by atoms with Crippen molar-refractivity contribution >= 4 is 23.3 Å². The van der Waals surface area contributed by atoms with Gasteiger partial charge in [-0.05, 0) is 47.4 Å². The van der Waals surface area contributed by atoms with Crippen LogP contribution in [0.15, 0.2) is 77.2 Å². The highest BCUT2D eigenvalue weighted by molar-refractivity contribution is 5.77. The van der Waals surface area contributed by atoms with Crippen molar-refractivity contribution in [3.8, 4) is 11.5 Å². The molecule has 0 saturated carbocycles. The van der Waals surface area contributed by atoms with Gasteiger partial charge in [0, 0.05) is 5.56 Å². The topological polar surface area (TPSA) is 26.0 Å². The molecule has 25 heavy (non-hydrogen) atoms. The highest BCUT2D eigenvalue weighted by Gasteiger charge is 2.09. The minimum absolute atomic E-state index is 0.675. The average Bonchev–Trinajstić information content (AvgIpc) is 3.11. The second-order valence-electron chi connectivity index (χ2n) is 6.00. The SMILES string of the molecule is CCc1cc(-c2nc3ccccc3o2)ccc1C=Cc1ccccc1. The highest BCUT2D eigenvalue weighted by Crippen LogP contribution is 2.27. The lowest BCUT2D eigenvalue weighted by Gasteiger charge is -2.05. The van der Waals surface area contributed by atoms with Crippen molar-refractivity contribution < 1.29 is 4.42 Å². The first-order valence-electron chi connectivity index (χ1n) is 8.55. The predicted molar refractivity (Wildman–Crippen MR) is 104 cm³/mol. The fraction of sp³-hybridized carbons (Fsp3) is 0.0870. The Hall–Kier alpha value is -3.13. The Bertz CT molecular complexity index is 995. The van der Waals surface area contributed by atoms with E-state index in [1.54, 1.807) is 0 Å². The lowest BCUT2D eigenvalue weighted by molar-refractivity contribution is 0.619. The summed E-state index contributed by atoms with van der Waals surface area (Å²) in [7, 11) is 0. The van der Waals surface area contributed by atoms with Crippen molar-refractivity contribution in [2.24, 2.45) is 0 Å². The summed E-state index contributed by atoms with van der Waals surface area (Å²) in [6, 6.07) is 24.6. The number of para-hydroxylation sites is 2. The largest absolute Gasteiger partial charge is 0.436 e. The molecule has 0 aliphatic heterocycles. The fourth-order valence-electron chi connectivity index (χ4n) is 2.95. The molecule has 2 heteroatoms. The molecule has 0 saturated heterocycles. The van der Waals surface area contributed by atoms with E-state index < -0.39 is 0 Å². The van der Waals surface area contributed by atoms with Crippen LogP contribution < -0.4 is 0 Å². The number of rotatable bonds is 4. The van der Waals surface area contributed by atoms with Crippen LogP contribution in [0.4, 0.5) is 0 Å². The Morgan fingerprint density at radius 3 is 2.48 bits per heavy atom. The van der Waals surface area contributed by atoms with E-state index in [1.165, 1.54) is 16.7 Å². The average molecular weight is 325 g/mol. The van der Waals surface area contributed by atoms with Crippen LogP contribution in [0.5, 0.6) is 0 Å². The summed E-state index contributed by atoms with van der Waals surface area (Å²) in [6.07, 6.45) is 5.28. The Morgan fingerprint density at radius 2 is 1.68 bits per heavy atom. The van der Waals surface area contributed by atoms with Crippen molar-refractivity contribution in [2.75, 3.05) is 0 Å². The van der Waals surface area contributed by atoms with E-state index in [1.807, 2.05) is 30.3 Å². The minimum atomic E-state index is 0.675. The predicted octanol–water partition coefficient (Wildman–Crippen LogP) is 6.23. The van der Waals surface area contributed by atoms with E-state index in [0.29, 0.717) is 5.89 Å². The monoisotopic (exact) mass is 325 g/mol. The van der Waals surface area contributed by atoms with Crippen LogP contribution >= 0.6 is 0 Å². The van der Waals surface area contributed by atoms with Gasteiger partial charge >= 0.3 is 0 Å². The molecule has 0 amide bonds. The van der Waals surface area contributed by atoms with Gasteiger partial charge in [0.05, 0.1) is 0 Å². The van der Waals surface area contributed by atoms with Gasteiger partial charge in [-0.1, -0.05) is 67.6 Å². The van der Waals surface area contributed by atoms with Crippen LogP contribution in [-0.2, 0) is 6.42 Å². The van der Waals surface area contributed by atoms with Gasteiger partial charge < -0.3 is 4.42 Å². The van der Waals surface area contributed by atoms with Crippen molar-refractivity contribution in [3.63, 3.8) is 0 Å². The Kier molecular flexibility index (Phi) is 4.17. The van der Waals surface area contributed by atoms with Crippen LogP contribution in [-0.4, -0.2) is 4.98 Å². The van der Waals surface area contributed by atoms with Gasteiger partial charge in [0.2, 0.25) is 5.89 Å². The van der Waals surface area contributed by atoms with Crippen molar-refractivity contribution in [1.29, 1.82) is 0 Å². The van der Waals surface area contributed by atoms with Crippen LogP contribution in [0.1, 0.15) is 23.6 Å². The maximum absolute atomic E-state index is 5.89. The second kappa shape index (κ2) is 6.78. The van der Waals surface area contributed by atoms with E-state index in [0.717, 1.165) is 23.1 Å². The number of benzene rings is 3. The van der Waals surface area contributed by atoms with E-state index in [9.17, 15) is 0 Å². The number of hydrogen-bond donors (Lipinski definition) is 0. The van der Waals surface area contributed by atoms with Gasteiger partial charge in [-0.25, -0.2) is 4.98 Å². The molecule has 4 rings (SSSR count). The molecule has 0 radical (unpaired) electrons. The summed E-state index contributed by atoms with van der Waals surface area (Å²) in [6.45, 7) is 2.17. The van der Waals surface area contributed by atoms with Crippen molar-refractivity contribution in [1.82, 2.24) is 4.98 Å². The van der Waals surface area contributed by atoms with Gasteiger partial charge in [0.25, 0.3) is 0 Å². The molecule has 1 heterocycles. The Balaban J connectivity index is 1.68. The summed E-state index contributed by atoms with van der Waals surface area (Å²) < 4.78 is 5.89. The summed E-state index contributed by atoms with van der Waals surface area (Å²) in [4.78, 5) is 4.60. The molecule has 4 aromatic rings. The van der Waals surface area contributed by atoms with Gasteiger partial charge in [-0.2, -0.15) is 0 Å². The van der Waals surface area contributed by atoms with Gasteiger partial charge in [0.15, 0.2) is 5.58 Å². The first kappa shape index (κ1) is 15.4. The van der Waals surface area contributed by atoms with Crippen LogP contribution in [0.25, 0.3) is 34.7 Å². The zero-order valence-corrected chi connectivity index (χ0v) is 14.1. The summed E-state index contributed by atoms with van der Waals surface area (Å²) >= 11 is 0. The number of hydrogen-bond acceptors (Lipinski definition) is 2. The summed E-state index contributed by atoms with van der Waals surface area (Å²) in [5.74, 6) is 0.675.